The Balaban J connectivity index is 1.51. The summed E-state index contributed by atoms with van der Waals surface area (Å²) >= 11 is 1.40. The van der Waals surface area contributed by atoms with Crippen LogP contribution in [-0.4, -0.2) is 48.8 Å². The average molecular weight is 458 g/mol. The van der Waals surface area contributed by atoms with Gasteiger partial charge in [0, 0.05) is 25.2 Å². The highest BCUT2D eigenvalue weighted by molar-refractivity contribution is 8.00. The third-order valence-electron chi connectivity index (χ3n) is 5.72. The highest BCUT2D eigenvalue weighted by atomic mass is 32.2. The number of amides is 1. The largest absolute Gasteiger partial charge is 0.467 e. The molecule has 1 unspecified atom stereocenters. The number of thioether (sulfide) groups is 1. The number of carbonyl (C=O) groups is 1. The monoisotopic (exact) mass is 457 g/mol. The molecule has 9 nitrogen and oxygen atoms in total. The SMILES string of the molecule is CC1CCN(c2nnc(SC(C)C(=O)Nc3ccnn3C(C)C)n2Cc2ccco2)CC1. The Hall–Kier alpha value is -2.75. The van der Waals surface area contributed by atoms with E-state index in [9.17, 15) is 4.79 Å². The van der Waals surface area contributed by atoms with E-state index in [0.717, 1.165) is 43.6 Å². The Morgan fingerprint density at radius 2 is 2.03 bits per heavy atom. The van der Waals surface area contributed by atoms with Crippen LogP contribution < -0.4 is 10.2 Å². The summed E-state index contributed by atoms with van der Waals surface area (Å²) < 4.78 is 9.44. The van der Waals surface area contributed by atoms with Gasteiger partial charge in [0.15, 0.2) is 5.16 Å². The zero-order chi connectivity index (χ0) is 22.7. The quantitative estimate of drug-likeness (QED) is 0.510. The Morgan fingerprint density at radius 1 is 1.25 bits per heavy atom. The zero-order valence-corrected chi connectivity index (χ0v) is 19.9. The molecule has 1 saturated heterocycles. The molecule has 0 bridgehead atoms. The summed E-state index contributed by atoms with van der Waals surface area (Å²) in [6.07, 6.45) is 5.64. The number of aromatic nitrogens is 5. The first kappa shape index (κ1) is 22.4. The minimum absolute atomic E-state index is 0.0988. The average Bonchev–Trinajstić information content (AvgIpc) is 3.51. The third-order valence-corrected chi connectivity index (χ3v) is 6.80. The molecule has 1 amide bonds. The lowest BCUT2D eigenvalue weighted by Crippen LogP contribution is -2.35. The van der Waals surface area contributed by atoms with Crippen molar-refractivity contribution in [2.24, 2.45) is 5.92 Å². The molecule has 4 rings (SSSR count). The van der Waals surface area contributed by atoms with Crippen LogP contribution in [0.3, 0.4) is 0 Å². The van der Waals surface area contributed by atoms with E-state index < -0.39 is 0 Å². The van der Waals surface area contributed by atoms with E-state index in [1.165, 1.54) is 11.8 Å². The van der Waals surface area contributed by atoms with Crippen LogP contribution in [0.15, 0.2) is 40.2 Å². The minimum Gasteiger partial charge on any atom is -0.467 e. The van der Waals surface area contributed by atoms with Gasteiger partial charge in [0.25, 0.3) is 0 Å². The summed E-state index contributed by atoms with van der Waals surface area (Å²) in [7, 11) is 0. The molecule has 172 valence electrons. The molecule has 0 spiro atoms. The molecule has 1 aliphatic rings. The van der Waals surface area contributed by atoms with Crippen molar-refractivity contribution in [2.75, 3.05) is 23.3 Å². The fraction of sp³-hybridized carbons (Fsp3) is 0.545. The molecule has 3 aromatic rings. The standard InChI is InChI=1S/C22H31N7O2S/c1-15(2)29-19(7-10-23-29)24-20(30)17(4)32-22-26-25-21(27-11-8-16(3)9-12-27)28(22)14-18-6-5-13-31-18/h5-7,10,13,15-17H,8-9,11-12,14H2,1-4H3,(H,24,30). The smallest absolute Gasteiger partial charge is 0.238 e. The molecule has 0 aromatic carbocycles. The number of rotatable bonds is 8. The number of nitrogens with one attached hydrogen (secondary N) is 1. The van der Waals surface area contributed by atoms with E-state index in [0.29, 0.717) is 17.5 Å². The molecule has 1 aliphatic heterocycles. The van der Waals surface area contributed by atoms with Crippen LogP contribution in [0.5, 0.6) is 0 Å². The summed E-state index contributed by atoms with van der Waals surface area (Å²) in [6, 6.07) is 5.79. The number of piperidine rings is 1. The van der Waals surface area contributed by atoms with Crippen LogP contribution >= 0.6 is 11.8 Å². The molecule has 10 heteroatoms. The normalized spacial score (nSPS) is 16.0. The summed E-state index contributed by atoms with van der Waals surface area (Å²) in [4.78, 5) is 15.2. The number of anilines is 2. The van der Waals surface area contributed by atoms with Crippen molar-refractivity contribution in [3.63, 3.8) is 0 Å². The lowest BCUT2D eigenvalue weighted by atomic mass is 10.00. The van der Waals surface area contributed by atoms with Crippen molar-refractivity contribution < 1.29 is 9.21 Å². The molecule has 32 heavy (non-hydrogen) atoms. The minimum atomic E-state index is -0.362. The second-order valence-corrected chi connectivity index (χ2v) is 9.93. The summed E-state index contributed by atoms with van der Waals surface area (Å²) in [5.74, 6) is 2.98. The van der Waals surface area contributed by atoms with Gasteiger partial charge in [0.1, 0.15) is 11.6 Å². The van der Waals surface area contributed by atoms with Gasteiger partial charge < -0.3 is 14.6 Å². The Bertz CT molecular complexity index is 1020. The van der Waals surface area contributed by atoms with Crippen molar-refractivity contribution in [2.45, 2.75) is 63.5 Å². The van der Waals surface area contributed by atoms with Crippen molar-refractivity contribution in [1.82, 2.24) is 24.5 Å². The number of hydrogen-bond donors (Lipinski definition) is 1. The molecule has 1 fully saturated rings. The first-order chi connectivity index (χ1) is 15.4. The van der Waals surface area contributed by atoms with Gasteiger partial charge in [-0.25, -0.2) is 4.68 Å². The van der Waals surface area contributed by atoms with E-state index >= 15 is 0 Å². The second kappa shape index (κ2) is 9.81. The molecule has 0 radical (unpaired) electrons. The molecular weight excluding hydrogens is 426 g/mol. The molecule has 0 aliphatic carbocycles. The Kier molecular flexibility index (Phi) is 6.88. The molecule has 1 N–H and O–H groups in total. The number of hydrogen-bond acceptors (Lipinski definition) is 7. The van der Waals surface area contributed by atoms with Crippen LogP contribution in [-0.2, 0) is 11.3 Å². The topological polar surface area (TPSA) is 94.0 Å². The second-order valence-electron chi connectivity index (χ2n) is 8.62. The van der Waals surface area contributed by atoms with Crippen molar-refractivity contribution in [3.8, 4) is 0 Å². The molecule has 1 atom stereocenters. The van der Waals surface area contributed by atoms with Crippen LogP contribution in [0.4, 0.5) is 11.8 Å². The van der Waals surface area contributed by atoms with E-state index in [-0.39, 0.29) is 17.2 Å². The van der Waals surface area contributed by atoms with E-state index in [1.54, 1.807) is 17.1 Å². The highest BCUT2D eigenvalue weighted by Crippen LogP contribution is 2.29. The predicted octanol–water partition coefficient (Wildman–Crippen LogP) is 4.05. The third kappa shape index (κ3) is 5.01. The van der Waals surface area contributed by atoms with Gasteiger partial charge >= 0.3 is 0 Å². The van der Waals surface area contributed by atoms with E-state index in [4.69, 9.17) is 4.42 Å². The lowest BCUT2D eigenvalue weighted by Gasteiger charge is -2.31. The maximum atomic E-state index is 12.9. The number of carbonyl (C=O) groups excluding carboxylic acids is 1. The zero-order valence-electron chi connectivity index (χ0n) is 19.1. The summed E-state index contributed by atoms with van der Waals surface area (Å²) in [5.41, 5.74) is 0. The molecular formula is C22H31N7O2S. The molecule has 0 saturated carbocycles. The highest BCUT2D eigenvalue weighted by Gasteiger charge is 2.26. The number of furan rings is 1. The fourth-order valence-corrected chi connectivity index (χ4v) is 4.62. The van der Waals surface area contributed by atoms with Gasteiger partial charge in [-0.2, -0.15) is 5.10 Å². The van der Waals surface area contributed by atoms with Crippen molar-refractivity contribution in [3.05, 3.63) is 36.4 Å². The van der Waals surface area contributed by atoms with E-state index in [2.05, 4.69) is 37.0 Å². The summed E-state index contributed by atoms with van der Waals surface area (Å²) in [6.45, 7) is 10.7. The molecule has 3 aromatic heterocycles. The van der Waals surface area contributed by atoms with Gasteiger partial charge in [-0.3, -0.25) is 9.36 Å². The van der Waals surface area contributed by atoms with Crippen LogP contribution in [0.2, 0.25) is 0 Å². The maximum absolute atomic E-state index is 12.9. The first-order valence-corrected chi connectivity index (χ1v) is 12.0. The van der Waals surface area contributed by atoms with Gasteiger partial charge in [-0.15, -0.1) is 10.2 Å². The van der Waals surface area contributed by atoms with Crippen LogP contribution in [0.25, 0.3) is 0 Å². The number of nitrogens with zero attached hydrogens (tertiary/aromatic N) is 6. The van der Waals surface area contributed by atoms with Crippen molar-refractivity contribution >= 4 is 29.4 Å². The fourth-order valence-electron chi connectivity index (χ4n) is 3.77. The lowest BCUT2D eigenvalue weighted by molar-refractivity contribution is -0.115. The van der Waals surface area contributed by atoms with E-state index in [1.807, 2.05) is 39.0 Å². The van der Waals surface area contributed by atoms with Crippen LogP contribution in [0, 0.1) is 5.92 Å². The van der Waals surface area contributed by atoms with Gasteiger partial charge in [-0.1, -0.05) is 18.7 Å². The Morgan fingerprint density at radius 3 is 2.72 bits per heavy atom. The van der Waals surface area contributed by atoms with Gasteiger partial charge in [-0.05, 0) is 51.7 Å². The van der Waals surface area contributed by atoms with Crippen LogP contribution in [0.1, 0.15) is 52.3 Å². The first-order valence-electron chi connectivity index (χ1n) is 11.1. The van der Waals surface area contributed by atoms with Gasteiger partial charge in [0.05, 0.1) is 24.3 Å². The summed E-state index contributed by atoms with van der Waals surface area (Å²) in [5, 5.41) is 16.6. The van der Waals surface area contributed by atoms with Crippen molar-refractivity contribution in [1.29, 1.82) is 0 Å². The molecule has 4 heterocycles. The van der Waals surface area contributed by atoms with Gasteiger partial charge in [0.2, 0.25) is 11.9 Å². The maximum Gasteiger partial charge on any atom is 0.238 e. The predicted molar refractivity (Wildman–Crippen MR) is 125 cm³/mol. The Labute approximate surface area is 192 Å².